The summed E-state index contributed by atoms with van der Waals surface area (Å²) in [6, 6.07) is 0.318. The van der Waals surface area contributed by atoms with Crippen LogP contribution in [-0.2, 0) is 9.47 Å². The largest absolute Gasteiger partial charge is 0.444 e. The highest BCUT2D eigenvalue weighted by atomic mass is 127. The molecular weight excluding hydrogens is 483 g/mol. The van der Waals surface area contributed by atoms with E-state index >= 15 is 0 Å². The Morgan fingerprint density at radius 3 is 2.38 bits per heavy atom. The lowest BCUT2D eigenvalue weighted by molar-refractivity contribution is 0.0240. The van der Waals surface area contributed by atoms with Gasteiger partial charge < -0.3 is 24.6 Å². The summed E-state index contributed by atoms with van der Waals surface area (Å²) in [5, 5.41) is 3.37. The third-order valence-corrected chi connectivity index (χ3v) is 5.13. The van der Waals surface area contributed by atoms with Gasteiger partial charge in [0.2, 0.25) is 0 Å². The van der Waals surface area contributed by atoms with Crippen LogP contribution < -0.4 is 5.32 Å². The molecule has 7 nitrogen and oxygen atoms in total. The molecule has 0 atom stereocenters. The normalized spacial score (nSPS) is 18.0. The number of rotatable bonds is 8. The molecule has 0 aromatic rings. The Bertz CT molecular complexity index is 515. The third-order valence-electron chi connectivity index (χ3n) is 5.13. The zero-order valence-electron chi connectivity index (χ0n) is 18.9. The topological polar surface area (TPSA) is 66.4 Å². The molecule has 1 heterocycles. The number of hydrogen-bond acceptors (Lipinski definition) is 4. The van der Waals surface area contributed by atoms with E-state index in [-0.39, 0.29) is 30.1 Å². The Balaban J connectivity index is 0.00000420. The molecule has 8 heteroatoms. The average Bonchev–Trinajstić information content (AvgIpc) is 3.46. The van der Waals surface area contributed by atoms with E-state index in [9.17, 15) is 4.79 Å². The maximum Gasteiger partial charge on any atom is 0.410 e. The lowest BCUT2D eigenvalue weighted by atomic mass is 9.96. The predicted octanol–water partition coefficient (Wildman–Crippen LogP) is 3.72. The zero-order valence-corrected chi connectivity index (χ0v) is 21.2. The average molecular weight is 524 g/mol. The van der Waals surface area contributed by atoms with Gasteiger partial charge in [-0.2, -0.15) is 0 Å². The predicted molar refractivity (Wildman–Crippen MR) is 128 cm³/mol. The van der Waals surface area contributed by atoms with E-state index in [1.54, 1.807) is 0 Å². The maximum atomic E-state index is 12.5. The molecule has 1 saturated carbocycles. The van der Waals surface area contributed by atoms with Gasteiger partial charge in [0.1, 0.15) is 5.60 Å². The number of hydrogen-bond donors (Lipinski definition) is 1. The van der Waals surface area contributed by atoms with Gasteiger partial charge in [0.05, 0.1) is 6.54 Å². The van der Waals surface area contributed by atoms with Crippen LogP contribution in [0.15, 0.2) is 4.99 Å². The summed E-state index contributed by atoms with van der Waals surface area (Å²) >= 11 is 0. The molecule has 0 spiro atoms. The zero-order chi connectivity index (χ0) is 20.6. The second-order valence-corrected chi connectivity index (χ2v) is 8.91. The molecule has 170 valence electrons. The minimum Gasteiger partial charge on any atom is -0.444 e. The molecule has 1 N–H and O–H groups in total. The Morgan fingerprint density at radius 1 is 1.17 bits per heavy atom. The molecule has 2 aliphatic rings. The van der Waals surface area contributed by atoms with E-state index in [0.29, 0.717) is 19.1 Å². The van der Waals surface area contributed by atoms with Crippen molar-refractivity contribution < 1.29 is 14.3 Å². The van der Waals surface area contributed by atoms with Crippen LogP contribution >= 0.6 is 24.0 Å². The van der Waals surface area contributed by atoms with Crippen LogP contribution in [0.3, 0.4) is 0 Å². The van der Waals surface area contributed by atoms with Crippen molar-refractivity contribution in [2.45, 2.75) is 71.4 Å². The minimum atomic E-state index is -0.465. The van der Waals surface area contributed by atoms with E-state index in [1.807, 2.05) is 25.7 Å². The summed E-state index contributed by atoms with van der Waals surface area (Å²) < 4.78 is 11.0. The van der Waals surface area contributed by atoms with E-state index in [1.165, 1.54) is 0 Å². The molecule has 0 bridgehead atoms. The van der Waals surface area contributed by atoms with Crippen LogP contribution in [0.1, 0.15) is 59.8 Å². The van der Waals surface area contributed by atoms with E-state index in [0.717, 1.165) is 70.3 Å². The van der Waals surface area contributed by atoms with Crippen molar-refractivity contribution in [1.82, 2.24) is 15.1 Å². The van der Waals surface area contributed by atoms with Crippen molar-refractivity contribution in [2.24, 2.45) is 10.9 Å². The molecule has 29 heavy (non-hydrogen) atoms. The monoisotopic (exact) mass is 524 g/mol. The van der Waals surface area contributed by atoms with Gasteiger partial charge in [0.25, 0.3) is 0 Å². The van der Waals surface area contributed by atoms with Gasteiger partial charge in [0.15, 0.2) is 5.96 Å². The van der Waals surface area contributed by atoms with Crippen LogP contribution in [-0.4, -0.2) is 79.9 Å². The van der Waals surface area contributed by atoms with Crippen molar-refractivity contribution >= 4 is 36.0 Å². The van der Waals surface area contributed by atoms with Crippen LogP contribution in [0.4, 0.5) is 4.79 Å². The molecule has 1 saturated heterocycles. The van der Waals surface area contributed by atoms with Gasteiger partial charge in [-0.05, 0) is 65.7 Å². The van der Waals surface area contributed by atoms with Gasteiger partial charge in [-0.3, -0.25) is 4.99 Å². The van der Waals surface area contributed by atoms with Gasteiger partial charge in [0, 0.05) is 45.9 Å². The highest BCUT2D eigenvalue weighted by molar-refractivity contribution is 14.0. The number of halogens is 1. The van der Waals surface area contributed by atoms with Gasteiger partial charge in [-0.1, -0.05) is 0 Å². The minimum absolute atomic E-state index is 0. The van der Waals surface area contributed by atoms with E-state index in [4.69, 9.17) is 14.5 Å². The molecule has 2 fully saturated rings. The summed E-state index contributed by atoms with van der Waals surface area (Å²) in [5.74, 6) is 1.66. The van der Waals surface area contributed by atoms with Crippen molar-refractivity contribution in [3.63, 3.8) is 0 Å². The van der Waals surface area contributed by atoms with Gasteiger partial charge in [-0.15, -0.1) is 24.0 Å². The van der Waals surface area contributed by atoms with Crippen LogP contribution in [0, 0.1) is 5.92 Å². The first kappa shape index (κ1) is 26.3. The second-order valence-electron chi connectivity index (χ2n) is 8.91. The summed E-state index contributed by atoms with van der Waals surface area (Å²) in [4.78, 5) is 21.3. The number of nitrogens with zero attached hydrogens (tertiary/aromatic N) is 3. The number of amides is 1. The maximum absolute atomic E-state index is 12.5. The fraction of sp³-hybridized carbons (Fsp3) is 0.905. The molecule has 0 unspecified atom stereocenters. The Kier molecular flexibility index (Phi) is 11.6. The van der Waals surface area contributed by atoms with Crippen LogP contribution in [0.2, 0.25) is 0 Å². The fourth-order valence-electron chi connectivity index (χ4n) is 3.38. The summed E-state index contributed by atoms with van der Waals surface area (Å²) in [6.45, 7) is 12.6. The highest BCUT2D eigenvalue weighted by Crippen LogP contribution is 2.28. The quantitative estimate of drug-likeness (QED) is 0.298. The number of guanidine groups is 1. The standard InChI is InChI=1S/C21H40N4O3.HI/c1-6-22-19(24(5)13-9-17-10-15-27-16-11-17)23-12-14-25(18-7-8-18)20(26)28-21(2,3)4;/h17-18H,6-16H2,1-5H3,(H,22,23);1H. The lowest BCUT2D eigenvalue weighted by Gasteiger charge is -2.28. The first-order valence-electron chi connectivity index (χ1n) is 10.9. The first-order valence-corrected chi connectivity index (χ1v) is 10.9. The van der Waals surface area contributed by atoms with Gasteiger partial charge in [-0.25, -0.2) is 4.79 Å². The molecular formula is C21H41IN4O3. The Labute approximate surface area is 194 Å². The molecule has 0 aromatic carbocycles. The molecule has 2 rings (SSSR count). The highest BCUT2D eigenvalue weighted by Gasteiger charge is 2.34. The third kappa shape index (κ3) is 10.2. The SMILES string of the molecule is CCNC(=NCCN(C(=O)OC(C)(C)C)C1CC1)N(C)CCC1CCOCC1.I. The second kappa shape index (κ2) is 12.8. The number of nitrogens with one attached hydrogen (secondary N) is 1. The smallest absolute Gasteiger partial charge is 0.410 e. The number of carbonyl (C=O) groups excluding carboxylic acids is 1. The summed E-state index contributed by atoms with van der Waals surface area (Å²) in [5.41, 5.74) is -0.465. The molecule has 1 amide bonds. The number of ether oxygens (including phenoxy) is 2. The fourth-order valence-corrected chi connectivity index (χ4v) is 3.38. The van der Waals surface area contributed by atoms with E-state index < -0.39 is 5.60 Å². The van der Waals surface area contributed by atoms with Crippen molar-refractivity contribution in [3.8, 4) is 0 Å². The van der Waals surface area contributed by atoms with Gasteiger partial charge >= 0.3 is 6.09 Å². The first-order chi connectivity index (χ1) is 13.3. The lowest BCUT2D eigenvalue weighted by Crippen LogP contribution is -2.42. The van der Waals surface area contributed by atoms with Crippen molar-refractivity contribution in [2.75, 3.05) is 46.4 Å². The van der Waals surface area contributed by atoms with E-state index in [2.05, 4.69) is 24.2 Å². The van der Waals surface area contributed by atoms with Crippen LogP contribution in [0.5, 0.6) is 0 Å². The Morgan fingerprint density at radius 2 is 1.83 bits per heavy atom. The molecule has 1 aliphatic heterocycles. The summed E-state index contributed by atoms with van der Waals surface area (Å²) in [7, 11) is 2.09. The summed E-state index contributed by atoms with van der Waals surface area (Å²) in [6.07, 6.45) is 5.39. The molecule has 0 radical (unpaired) electrons. The number of aliphatic imine (C=N–C) groups is 1. The van der Waals surface area contributed by atoms with Crippen molar-refractivity contribution in [3.05, 3.63) is 0 Å². The molecule has 0 aromatic heterocycles. The Hall–Kier alpha value is -0.770. The van der Waals surface area contributed by atoms with Crippen LogP contribution in [0.25, 0.3) is 0 Å². The number of carbonyl (C=O) groups is 1. The van der Waals surface area contributed by atoms with Crippen molar-refractivity contribution in [1.29, 1.82) is 0 Å². The molecule has 1 aliphatic carbocycles.